The molecule has 0 spiro atoms. The molecular weight excluding hydrogens is 354 g/mol. The highest BCUT2D eigenvalue weighted by atomic mass is 32.2. The van der Waals surface area contributed by atoms with Crippen molar-refractivity contribution in [2.24, 2.45) is 7.05 Å². The fourth-order valence-electron chi connectivity index (χ4n) is 2.52. The van der Waals surface area contributed by atoms with E-state index in [4.69, 9.17) is 0 Å². The van der Waals surface area contributed by atoms with Gasteiger partial charge < -0.3 is 15.0 Å². The molecule has 1 fully saturated rings. The molecule has 11 heteroatoms. The summed E-state index contributed by atoms with van der Waals surface area (Å²) < 4.78 is 1.71. The number of β-lactam (4-membered cyclic amide) rings is 1. The quantitative estimate of drug-likeness (QED) is 0.551. The van der Waals surface area contributed by atoms with E-state index in [0.29, 0.717) is 10.7 Å². The molecule has 9 nitrogen and oxygen atoms in total. The lowest BCUT2D eigenvalue weighted by Gasteiger charge is -2.46. The third-order valence-corrected chi connectivity index (χ3v) is 6.07. The Kier molecular flexibility index (Phi) is 4.54. The zero-order chi connectivity index (χ0) is 17.4. The third-order valence-electron chi connectivity index (χ3n) is 3.62. The molecule has 1 aromatic heterocycles. The monoisotopic (exact) mass is 369 g/mol. The van der Waals surface area contributed by atoms with Gasteiger partial charge in [-0.15, -0.1) is 22.0 Å². The van der Waals surface area contributed by atoms with E-state index in [1.165, 1.54) is 35.3 Å². The number of aliphatic carboxylic acids is 1. The van der Waals surface area contributed by atoms with Gasteiger partial charge in [-0.1, -0.05) is 11.8 Å². The van der Waals surface area contributed by atoms with Gasteiger partial charge in [0.2, 0.25) is 11.8 Å². The van der Waals surface area contributed by atoms with Gasteiger partial charge in [0, 0.05) is 25.3 Å². The number of nitrogens with zero attached hydrogens (tertiary/aromatic N) is 4. The summed E-state index contributed by atoms with van der Waals surface area (Å²) in [6, 6.07) is 0. The molecule has 2 atom stereocenters. The van der Waals surface area contributed by atoms with Crippen LogP contribution in [-0.2, 0) is 21.4 Å². The molecule has 1 saturated heterocycles. The van der Waals surface area contributed by atoms with Crippen molar-refractivity contribution in [1.29, 1.82) is 0 Å². The molecule has 24 heavy (non-hydrogen) atoms. The van der Waals surface area contributed by atoms with Crippen LogP contribution in [0.5, 0.6) is 0 Å². The molecule has 2 N–H and O–H groups in total. The Hall–Kier alpha value is -2.01. The summed E-state index contributed by atoms with van der Waals surface area (Å²) in [5.74, 6) is -1.36. The first-order valence-corrected chi connectivity index (χ1v) is 8.99. The predicted molar refractivity (Wildman–Crippen MR) is 86.8 cm³/mol. The SMILES string of the molecule is CC(=O)NC1S[C@@H]2CC(=O)N2C(C(=O)O)=C1CSc1nncn1C. The molecule has 0 radical (unpaired) electrons. The summed E-state index contributed by atoms with van der Waals surface area (Å²) in [4.78, 5) is 36.4. The van der Waals surface area contributed by atoms with E-state index in [-0.39, 0.29) is 35.1 Å². The number of hydrogen-bond acceptors (Lipinski definition) is 7. The van der Waals surface area contributed by atoms with Crippen LogP contribution in [0, 0.1) is 0 Å². The van der Waals surface area contributed by atoms with Crippen LogP contribution in [0.1, 0.15) is 13.3 Å². The fraction of sp³-hybridized carbons (Fsp3) is 0.462. The summed E-state index contributed by atoms with van der Waals surface area (Å²) in [7, 11) is 1.78. The average Bonchev–Trinajstić information content (AvgIpc) is 2.89. The van der Waals surface area contributed by atoms with E-state index < -0.39 is 11.3 Å². The first kappa shape index (κ1) is 16.8. The molecule has 0 aliphatic carbocycles. The number of aryl methyl sites for hydroxylation is 1. The minimum Gasteiger partial charge on any atom is -0.477 e. The lowest BCUT2D eigenvalue weighted by Crippen LogP contribution is -2.57. The van der Waals surface area contributed by atoms with Crippen molar-refractivity contribution in [3.8, 4) is 0 Å². The van der Waals surface area contributed by atoms with Gasteiger partial charge in [-0.2, -0.15) is 0 Å². The number of amides is 2. The van der Waals surface area contributed by atoms with E-state index in [0.717, 1.165) is 0 Å². The van der Waals surface area contributed by atoms with E-state index in [1.54, 1.807) is 17.9 Å². The third kappa shape index (κ3) is 3.00. The number of carbonyl (C=O) groups is 3. The van der Waals surface area contributed by atoms with Gasteiger partial charge in [0.05, 0.1) is 11.8 Å². The second kappa shape index (κ2) is 6.48. The summed E-state index contributed by atoms with van der Waals surface area (Å²) in [6.45, 7) is 1.38. The van der Waals surface area contributed by atoms with E-state index in [9.17, 15) is 19.5 Å². The first-order chi connectivity index (χ1) is 11.4. The van der Waals surface area contributed by atoms with Crippen LogP contribution in [0.3, 0.4) is 0 Å². The molecule has 2 aliphatic rings. The van der Waals surface area contributed by atoms with Crippen LogP contribution in [0.2, 0.25) is 0 Å². The van der Waals surface area contributed by atoms with E-state index in [2.05, 4.69) is 15.5 Å². The lowest BCUT2D eigenvalue weighted by molar-refractivity contribution is -0.146. The van der Waals surface area contributed by atoms with Crippen LogP contribution in [0.15, 0.2) is 22.8 Å². The number of carboxylic acid groups (broad SMARTS) is 1. The number of rotatable bonds is 5. The number of aromatic nitrogens is 3. The van der Waals surface area contributed by atoms with Gasteiger partial charge in [-0.25, -0.2) is 4.79 Å². The van der Waals surface area contributed by atoms with E-state index >= 15 is 0 Å². The van der Waals surface area contributed by atoms with Crippen LogP contribution in [0.25, 0.3) is 0 Å². The molecular formula is C13H15N5O4S2. The Balaban J connectivity index is 1.93. The van der Waals surface area contributed by atoms with Crippen molar-refractivity contribution >= 4 is 41.3 Å². The van der Waals surface area contributed by atoms with Gasteiger partial charge in [-0.3, -0.25) is 14.5 Å². The Morgan fingerprint density at radius 1 is 1.54 bits per heavy atom. The average molecular weight is 369 g/mol. The zero-order valence-corrected chi connectivity index (χ0v) is 14.6. The highest BCUT2D eigenvalue weighted by molar-refractivity contribution is 8.01. The van der Waals surface area contributed by atoms with Gasteiger partial charge in [0.15, 0.2) is 5.16 Å². The molecule has 2 amide bonds. The van der Waals surface area contributed by atoms with Gasteiger partial charge in [0.1, 0.15) is 17.4 Å². The number of hydrogen-bond donors (Lipinski definition) is 2. The molecule has 2 aliphatic heterocycles. The maximum Gasteiger partial charge on any atom is 0.352 e. The van der Waals surface area contributed by atoms with Crippen LogP contribution in [-0.4, -0.2) is 59.1 Å². The van der Waals surface area contributed by atoms with Crippen molar-refractivity contribution in [3.05, 3.63) is 17.6 Å². The molecule has 1 aromatic rings. The van der Waals surface area contributed by atoms with Crippen molar-refractivity contribution in [2.75, 3.05) is 5.75 Å². The Labute approximate surface area is 145 Å². The van der Waals surface area contributed by atoms with Crippen LogP contribution >= 0.6 is 23.5 Å². The predicted octanol–water partition coefficient (Wildman–Crippen LogP) is 0.0133. The van der Waals surface area contributed by atoms with Gasteiger partial charge in [0.25, 0.3) is 0 Å². The summed E-state index contributed by atoms with van der Waals surface area (Å²) in [5.41, 5.74) is 0.448. The molecule has 3 heterocycles. The number of nitrogens with one attached hydrogen (secondary N) is 1. The summed E-state index contributed by atoms with van der Waals surface area (Å²) >= 11 is 2.69. The molecule has 128 valence electrons. The number of carbonyl (C=O) groups excluding carboxylic acids is 2. The van der Waals surface area contributed by atoms with Gasteiger partial charge in [-0.05, 0) is 0 Å². The van der Waals surface area contributed by atoms with Crippen molar-refractivity contribution in [1.82, 2.24) is 25.0 Å². The second-order valence-electron chi connectivity index (χ2n) is 5.33. The number of carboxylic acids is 1. The lowest BCUT2D eigenvalue weighted by atomic mass is 10.1. The fourth-order valence-corrected chi connectivity index (χ4v) is 5.06. The van der Waals surface area contributed by atoms with Gasteiger partial charge >= 0.3 is 5.97 Å². The topological polar surface area (TPSA) is 117 Å². The molecule has 1 unspecified atom stereocenters. The summed E-state index contributed by atoms with van der Waals surface area (Å²) in [6.07, 6.45) is 1.83. The molecule has 0 saturated carbocycles. The minimum absolute atomic E-state index is 0.0385. The summed E-state index contributed by atoms with van der Waals surface area (Å²) in [5, 5.41) is 20.0. The highest BCUT2D eigenvalue weighted by Crippen LogP contribution is 2.44. The minimum atomic E-state index is -1.17. The van der Waals surface area contributed by atoms with Crippen LogP contribution < -0.4 is 5.32 Å². The largest absolute Gasteiger partial charge is 0.477 e. The second-order valence-corrected chi connectivity index (χ2v) is 7.56. The first-order valence-electron chi connectivity index (χ1n) is 7.06. The van der Waals surface area contributed by atoms with E-state index in [1.807, 2.05) is 0 Å². The highest BCUT2D eigenvalue weighted by Gasteiger charge is 2.48. The maximum absolute atomic E-state index is 11.8. The van der Waals surface area contributed by atoms with Crippen molar-refractivity contribution < 1.29 is 19.5 Å². The van der Waals surface area contributed by atoms with Crippen molar-refractivity contribution in [3.63, 3.8) is 0 Å². The normalized spacial score (nSPS) is 22.9. The Morgan fingerprint density at radius 2 is 2.29 bits per heavy atom. The number of thioether (sulfide) groups is 2. The number of fused-ring (bicyclic) bond motifs is 1. The smallest absolute Gasteiger partial charge is 0.352 e. The van der Waals surface area contributed by atoms with Crippen LogP contribution in [0.4, 0.5) is 0 Å². The Morgan fingerprint density at radius 3 is 2.83 bits per heavy atom. The molecule has 0 bridgehead atoms. The standard InChI is InChI=1S/C13H15N5O4S2/c1-6(19)15-11-7(4-23-13-16-14-5-17(13)2)10(12(21)22)18-8(20)3-9(18)24-11/h5,9,11H,3-4H2,1-2H3,(H,15,19)(H,21,22)/t9-,11?/m1/s1. The molecule has 3 rings (SSSR count). The maximum atomic E-state index is 11.8. The van der Waals surface area contributed by atoms with Crippen molar-refractivity contribution in [2.45, 2.75) is 29.2 Å². The Bertz CT molecular complexity index is 746. The molecule has 0 aromatic carbocycles. The zero-order valence-electron chi connectivity index (χ0n) is 12.9.